The SMILES string of the molecule is Cc1c(C(=O)OC(C)C)sc2ncn(CC(=O)Nc3ccccc3F)c(=O)c12. The monoisotopic (exact) mass is 403 g/mol. The van der Waals surface area contributed by atoms with Crippen LogP contribution in [0.25, 0.3) is 10.2 Å². The van der Waals surface area contributed by atoms with Crippen LogP contribution in [0.1, 0.15) is 29.1 Å². The Morgan fingerprint density at radius 1 is 1.32 bits per heavy atom. The summed E-state index contributed by atoms with van der Waals surface area (Å²) < 4.78 is 20.0. The minimum absolute atomic E-state index is 0.0278. The van der Waals surface area contributed by atoms with Crippen molar-refractivity contribution in [2.24, 2.45) is 0 Å². The second kappa shape index (κ2) is 7.89. The number of fused-ring (bicyclic) bond motifs is 1. The fraction of sp³-hybridized carbons (Fsp3) is 0.263. The standard InChI is InChI=1S/C19H18FN3O4S/c1-10(2)27-19(26)16-11(3)15-17(28-16)21-9-23(18(15)25)8-14(24)22-13-7-5-4-6-12(13)20/h4-7,9-10H,8H2,1-3H3,(H,22,24). The van der Waals surface area contributed by atoms with Crippen LogP contribution in [0.15, 0.2) is 35.4 Å². The van der Waals surface area contributed by atoms with Gasteiger partial charge in [-0.15, -0.1) is 11.3 Å². The van der Waals surface area contributed by atoms with Crippen molar-refractivity contribution < 1.29 is 18.7 Å². The average Bonchev–Trinajstić information content (AvgIpc) is 2.96. The zero-order valence-electron chi connectivity index (χ0n) is 15.5. The maximum absolute atomic E-state index is 13.7. The molecule has 3 aromatic rings. The molecule has 146 valence electrons. The number of carbonyl (C=O) groups excluding carboxylic acids is 2. The molecule has 0 unspecified atom stereocenters. The topological polar surface area (TPSA) is 90.3 Å². The molecule has 9 heteroatoms. The van der Waals surface area contributed by atoms with Crippen LogP contribution in [0, 0.1) is 12.7 Å². The highest BCUT2D eigenvalue weighted by molar-refractivity contribution is 7.20. The lowest BCUT2D eigenvalue weighted by atomic mass is 10.2. The van der Waals surface area contributed by atoms with Crippen molar-refractivity contribution in [1.82, 2.24) is 9.55 Å². The molecule has 0 aliphatic carbocycles. The van der Waals surface area contributed by atoms with Crippen LogP contribution < -0.4 is 10.9 Å². The van der Waals surface area contributed by atoms with Crippen molar-refractivity contribution in [2.75, 3.05) is 5.32 Å². The first-order chi connectivity index (χ1) is 13.3. The van der Waals surface area contributed by atoms with E-state index >= 15 is 0 Å². The Kier molecular flexibility index (Phi) is 5.55. The Bertz CT molecular complexity index is 1120. The van der Waals surface area contributed by atoms with Crippen molar-refractivity contribution in [3.8, 4) is 0 Å². The second-order valence-electron chi connectivity index (χ2n) is 6.40. The first-order valence-electron chi connectivity index (χ1n) is 8.51. The number of hydrogen-bond acceptors (Lipinski definition) is 6. The number of nitrogens with zero attached hydrogens (tertiary/aromatic N) is 2. The number of aryl methyl sites for hydroxylation is 1. The summed E-state index contributed by atoms with van der Waals surface area (Å²) in [6, 6.07) is 5.74. The number of para-hydroxylation sites is 1. The van der Waals surface area contributed by atoms with Crippen molar-refractivity contribution >= 4 is 39.1 Å². The molecule has 0 bridgehead atoms. The number of anilines is 1. The van der Waals surface area contributed by atoms with E-state index < -0.39 is 23.3 Å². The van der Waals surface area contributed by atoms with E-state index in [0.717, 1.165) is 15.9 Å². The quantitative estimate of drug-likeness (QED) is 0.661. The van der Waals surface area contributed by atoms with Crippen molar-refractivity contribution in [3.63, 3.8) is 0 Å². The van der Waals surface area contributed by atoms with E-state index in [-0.39, 0.29) is 23.7 Å². The van der Waals surface area contributed by atoms with Gasteiger partial charge in [-0.2, -0.15) is 0 Å². The number of thiophene rings is 1. The summed E-state index contributed by atoms with van der Waals surface area (Å²) in [5, 5.41) is 2.69. The number of nitrogens with one attached hydrogen (secondary N) is 1. The first-order valence-corrected chi connectivity index (χ1v) is 9.33. The van der Waals surface area contributed by atoms with Gasteiger partial charge in [-0.25, -0.2) is 14.2 Å². The molecule has 0 saturated heterocycles. The van der Waals surface area contributed by atoms with Crippen LogP contribution in [-0.4, -0.2) is 27.5 Å². The fourth-order valence-electron chi connectivity index (χ4n) is 2.64. The molecule has 0 aliphatic rings. The van der Waals surface area contributed by atoms with E-state index in [2.05, 4.69) is 10.3 Å². The third kappa shape index (κ3) is 3.94. The summed E-state index contributed by atoms with van der Waals surface area (Å²) in [4.78, 5) is 42.1. The summed E-state index contributed by atoms with van der Waals surface area (Å²) in [5.41, 5.74) is 0.0399. The lowest BCUT2D eigenvalue weighted by Crippen LogP contribution is -2.28. The molecule has 0 atom stereocenters. The van der Waals surface area contributed by atoms with Crippen molar-refractivity contribution in [2.45, 2.75) is 33.4 Å². The molecule has 1 N–H and O–H groups in total. The Hall–Kier alpha value is -3.07. The van der Waals surface area contributed by atoms with Crippen molar-refractivity contribution in [3.05, 3.63) is 57.2 Å². The number of carbonyl (C=O) groups is 2. The number of amides is 1. The largest absolute Gasteiger partial charge is 0.459 e. The van der Waals surface area contributed by atoms with E-state index in [9.17, 15) is 18.8 Å². The van der Waals surface area contributed by atoms with Crippen LogP contribution in [0.4, 0.5) is 10.1 Å². The molecule has 0 saturated carbocycles. The Morgan fingerprint density at radius 2 is 2.04 bits per heavy atom. The number of esters is 1. The molecule has 0 fully saturated rings. The Labute approximate surface area is 163 Å². The Balaban J connectivity index is 1.89. The van der Waals surface area contributed by atoms with Gasteiger partial charge in [-0.3, -0.25) is 14.2 Å². The van der Waals surface area contributed by atoms with Crippen LogP contribution in [0.3, 0.4) is 0 Å². The molecule has 1 aromatic carbocycles. The average molecular weight is 403 g/mol. The van der Waals surface area contributed by atoms with Gasteiger partial charge in [-0.05, 0) is 38.5 Å². The van der Waals surface area contributed by atoms with E-state index in [1.165, 1.54) is 24.5 Å². The van der Waals surface area contributed by atoms with E-state index in [1.54, 1.807) is 26.8 Å². The lowest BCUT2D eigenvalue weighted by Gasteiger charge is -2.08. The van der Waals surface area contributed by atoms with Gasteiger partial charge in [0.15, 0.2) is 0 Å². The van der Waals surface area contributed by atoms with E-state index in [1.807, 2.05) is 0 Å². The van der Waals surface area contributed by atoms with Crippen LogP contribution in [0.2, 0.25) is 0 Å². The number of hydrogen-bond donors (Lipinski definition) is 1. The molecular formula is C19H18FN3O4S. The predicted molar refractivity (Wildman–Crippen MR) is 104 cm³/mol. The number of rotatable bonds is 5. The molecule has 28 heavy (non-hydrogen) atoms. The van der Waals surface area contributed by atoms with E-state index in [0.29, 0.717) is 15.3 Å². The number of halogens is 1. The van der Waals surface area contributed by atoms with Gasteiger partial charge in [0, 0.05) is 0 Å². The molecule has 0 radical (unpaired) electrons. The second-order valence-corrected chi connectivity index (χ2v) is 7.40. The third-order valence-electron chi connectivity index (χ3n) is 3.91. The number of aromatic nitrogens is 2. The molecule has 3 rings (SSSR count). The van der Waals surface area contributed by atoms with Gasteiger partial charge < -0.3 is 10.1 Å². The summed E-state index contributed by atoms with van der Waals surface area (Å²) in [5.74, 6) is -1.65. The molecule has 2 heterocycles. The maximum atomic E-state index is 13.7. The highest BCUT2D eigenvalue weighted by Crippen LogP contribution is 2.27. The normalized spacial score (nSPS) is 11.0. The minimum Gasteiger partial charge on any atom is -0.459 e. The molecule has 0 spiro atoms. The zero-order chi connectivity index (χ0) is 20.4. The van der Waals surface area contributed by atoms with Gasteiger partial charge >= 0.3 is 5.97 Å². The van der Waals surface area contributed by atoms with Gasteiger partial charge in [0.25, 0.3) is 5.56 Å². The zero-order valence-corrected chi connectivity index (χ0v) is 16.3. The van der Waals surface area contributed by atoms with E-state index in [4.69, 9.17) is 4.74 Å². The van der Waals surface area contributed by atoms with Gasteiger partial charge in [-0.1, -0.05) is 12.1 Å². The third-order valence-corrected chi connectivity index (χ3v) is 5.09. The molecule has 0 aliphatic heterocycles. The molecule has 2 aromatic heterocycles. The Morgan fingerprint density at radius 3 is 2.71 bits per heavy atom. The first kappa shape index (κ1) is 19.7. The minimum atomic E-state index is -0.571. The fourth-order valence-corrected chi connectivity index (χ4v) is 3.66. The van der Waals surface area contributed by atoms with Crippen LogP contribution in [-0.2, 0) is 16.1 Å². The smallest absolute Gasteiger partial charge is 0.348 e. The summed E-state index contributed by atoms with van der Waals surface area (Å²) in [7, 11) is 0. The lowest BCUT2D eigenvalue weighted by molar-refractivity contribution is -0.116. The summed E-state index contributed by atoms with van der Waals surface area (Å²) in [6.07, 6.45) is 0.947. The van der Waals surface area contributed by atoms with Crippen molar-refractivity contribution in [1.29, 1.82) is 0 Å². The summed E-state index contributed by atoms with van der Waals surface area (Å²) >= 11 is 1.07. The van der Waals surface area contributed by atoms with Gasteiger partial charge in [0.2, 0.25) is 5.91 Å². The predicted octanol–water partition coefficient (Wildman–Crippen LogP) is 3.11. The highest BCUT2D eigenvalue weighted by atomic mass is 32.1. The summed E-state index contributed by atoms with van der Waals surface area (Å²) in [6.45, 7) is 4.78. The molecule has 7 nitrogen and oxygen atoms in total. The molecular weight excluding hydrogens is 385 g/mol. The van der Waals surface area contributed by atoms with Gasteiger partial charge in [0.05, 0.1) is 23.5 Å². The number of benzene rings is 1. The van der Waals surface area contributed by atoms with Crippen LogP contribution in [0.5, 0.6) is 0 Å². The maximum Gasteiger partial charge on any atom is 0.348 e. The number of ether oxygens (including phenoxy) is 1. The molecule has 1 amide bonds. The van der Waals surface area contributed by atoms with Crippen LogP contribution >= 0.6 is 11.3 Å². The highest BCUT2D eigenvalue weighted by Gasteiger charge is 2.21. The van der Waals surface area contributed by atoms with Gasteiger partial charge in [0.1, 0.15) is 22.1 Å².